The van der Waals surface area contributed by atoms with Crippen LogP contribution in [0.3, 0.4) is 0 Å². The van der Waals surface area contributed by atoms with Crippen molar-refractivity contribution in [2.24, 2.45) is 0 Å². The molecule has 3 heterocycles. The van der Waals surface area contributed by atoms with Crippen LogP contribution in [0, 0.1) is 20.8 Å². The fourth-order valence-electron chi connectivity index (χ4n) is 3.81. The lowest BCUT2D eigenvalue weighted by atomic mass is 10.0. The van der Waals surface area contributed by atoms with Crippen molar-refractivity contribution in [2.75, 3.05) is 11.1 Å². The Morgan fingerprint density at radius 2 is 1.83 bits per heavy atom. The topological polar surface area (TPSA) is 77.0 Å². The number of aromatic nitrogens is 2. The SMILES string of the molecule is Cc1cc(C)c2oc(Nc3ccc(-c4c(C)sc5ccnc(N)c45)cc3)nc2c1. The van der Waals surface area contributed by atoms with E-state index < -0.39 is 0 Å². The Bertz CT molecular complexity index is 1370. The molecule has 0 fully saturated rings. The summed E-state index contributed by atoms with van der Waals surface area (Å²) < 4.78 is 7.06. The monoisotopic (exact) mass is 400 g/mol. The lowest BCUT2D eigenvalue weighted by molar-refractivity contribution is 0.620. The van der Waals surface area contributed by atoms with Crippen LogP contribution >= 0.6 is 11.3 Å². The second-order valence-corrected chi connectivity index (χ2v) is 8.51. The smallest absolute Gasteiger partial charge is 0.300 e. The van der Waals surface area contributed by atoms with Gasteiger partial charge in [-0.3, -0.25) is 0 Å². The number of nitrogens with two attached hydrogens (primary N) is 1. The molecular weight excluding hydrogens is 380 g/mol. The predicted octanol–water partition coefficient (Wildman–Crippen LogP) is 6.36. The van der Waals surface area contributed by atoms with Gasteiger partial charge in [0.2, 0.25) is 0 Å². The molecule has 0 saturated carbocycles. The first-order valence-corrected chi connectivity index (χ1v) is 10.2. The zero-order valence-electron chi connectivity index (χ0n) is 16.4. The van der Waals surface area contributed by atoms with Gasteiger partial charge >= 0.3 is 0 Å². The third-order valence-electron chi connectivity index (χ3n) is 5.05. The van der Waals surface area contributed by atoms with Crippen LogP contribution in [-0.4, -0.2) is 9.97 Å². The summed E-state index contributed by atoms with van der Waals surface area (Å²) in [5.41, 5.74) is 13.3. The van der Waals surface area contributed by atoms with E-state index in [1.807, 2.05) is 31.2 Å². The number of rotatable bonds is 3. The summed E-state index contributed by atoms with van der Waals surface area (Å²) in [6.45, 7) is 6.22. The zero-order chi connectivity index (χ0) is 20.1. The van der Waals surface area contributed by atoms with Crippen LogP contribution in [0.5, 0.6) is 0 Å². The Labute approximate surface area is 172 Å². The minimum Gasteiger partial charge on any atom is -0.423 e. The van der Waals surface area contributed by atoms with E-state index in [1.165, 1.54) is 10.4 Å². The van der Waals surface area contributed by atoms with Gasteiger partial charge < -0.3 is 15.5 Å². The van der Waals surface area contributed by atoms with Gasteiger partial charge in [0.15, 0.2) is 5.58 Å². The fourth-order valence-corrected chi connectivity index (χ4v) is 4.90. The highest BCUT2D eigenvalue weighted by Gasteiger charge is 2.15. The Balaban J connectivity index is 1.49. The molecule has 5 aromatic rings. The van der Waals surface area contributed by atoms with E-state index in [1.54, 1.807) is 17.5 Å². The lowest BCUT2D eigenvalue weighted by Crippen LogP contribution is -1.92. The predicted molar refractivity (Wildman–Crippen MR) is 121 cm³/mol. The molecule has 6 heteroatoms. The minimum absolute atomic E-state index is 0.493. The number of fused-ring (bicyclic) bond motifs is 2. The molecule has 0 radical (unpaired) electrons. The molecule has 5 nitrogen and oxygen atoms in total. The maximum Gasteiger partial charge on any atom is 0.300 e. The number of hydrogen-bond donors (Lipinski definition) is 2. The van der Waals surface area contributed by atoms with Crippen molar-refractivity contribution in [3.8, 4) is 11.1 Å². The Hall–Kier alpha value is -3.38. The van der Waals surface area contributed by atoms with E-state index in [2.05, 4.69) is 47.3 Å². The van der Waals surface area contributed by atoms with E-state index >= 15 is 0 Å². The minimum atomic E-state index is 0.493. The average Bonchev–Trinajstić information content (AvgIpc) is 3.23. The number of benzene rings is 2. The van der Waals surface area contributed by atoms with E-state index in [9.17, 15) is 0 Å². The van der Waals surface area contributed by atoms with Crippen LogP contribution in [0.1, 0.15) is 16.0 Å². The molecule has 0 amide bonds. The zero-order valence-corrected chi connectivity index (χ0v) is 17.2. The van der Waals surface area contributed by atoms with Crippen molar-refractivity contribution in [3.63, 3.8) is 0 Å². The molecule has 29 heavy (non-hydrogen) atoms. The van der Waals surface area contributed by atoms with Crippen LogP contribution < -0.4 is 11.1 Å². The van der Waals surface area contributed by atoms with Gasteiger partial charge in [-0.1, -0.05) is 18.2 Å². The van der Waals surface area contributed by atoms with Crippen molar-refractivity contribution in [3.05, 3.63) is 64.7 Å². The van der Waals surface area contributed by atoms with E-state index in [-0.39, 0.29) is 0 Å². The maximum atomic E-state index is 6.16. The number of oxazole rings is 1. The van der Waals surface area contributed by atoms with Gasteiger partial charge in [-0.25, -0.2) is 4.98 Å². The number of nitrogen functional groups attached to an aromatic ring is 1. The Kier molecular flexibility index (Phi) is 4.03. The van der Waals surface area contributed by atoms with Crippen molar-refractivity contribution < 1.29 is 4.42 Å². The van der Waals surface area contributed by atoms with E-state index in [0.717, 1.165) is 43.6 Å². The summed E-state index contributed by atoms with van der Waals surface area (Å²) in [5, 5.41) is 4.29. The number of pyridine rings is 1. The molecule has 0 aliphatic carbocycles. The highest BCUT2D eigenvalue weighted by molar-refractivity contribution is 7.19. The molecule has 2 aromatic carbocycles. The highest BCUT2D eigenvalue weighted by atomic mass is 32.1. The first-order chi connectivity index (χ1) is 14.0. The van der Waals surface area contributed by atoms with Gasteiger partial charge in [0.1, 0.15) is 11.3 Å². The summed E-state index contributed by atoms with van der Waals surface area (Å²) in [7, 11) is 0. The molecule has 0 unspecified atom stereocenters. The Morgan fingerprint density at radius 1 is 1.03 bits per heavy atom. The highest BCUT2D eigenvalue weighted by Crippen LogP contribution is 2.40. The van der Waals surface area contributed by atoms with Crippen LogP contribution in [0.25, 0.3) is 32.3 Å². The van der Waals surface area contributed by atoms with E-state index in [0.29, 0.717) is 11.8 Å². The normalized spacial score (nSPS) is 11.4. The second-order valence-electron chi connectivity index (χ2n) is 7.25. The van der Waals surface area contributed by atoms with Gasteiger partial charge in [0.05, 0.1) is 0 Å². The average molecular weight is 401 g/mol. The van der Waals surface area contributed by atoms with Crippen molar-refractivity contribution >= 4 is 50.0 Å². The molecule has 0 saturated heterocycles. The second kappa shape index (κ2) is 6.60. The third-order valence-corrected chi connectivity index (χ3v) is 6.12. The van der Waals surface area contributed by atoms with Crippen LogP contribution in [0.15, 0.2) is 53.1 Å². The molecule has 0 spiro atoms. The molecule has 0 bridgehead atoms. The number of hydrogen-bond acceptors (Lipinski definition) is 6. The third kappa shape index (κ3) is 3.02. The van der Waals surface area contributed by atoms with Crippen molar-refractivity contribution in [1.82, 2.24) is 9.97 Å². The largest absolute Gasteiger partial charge is 0.423 e. The molecule has 5 rings (SSSR count). The van der Waals surface area contributed by atoms with Gasteiger partial charge in [-0.15, -0.1) is 11.3 Å². The summed E-state index contributed by atoms with van der Waals surface area (Å²) in [4.78, 5) is 10.1. The van der Waals surface area contributed by atoms with E-state index in [4.69, 9.17) is 10.2 Å². The number of anilines is 3. The summed E-state index contributed by atoms with van der Waals surface area (Å²) >= 11 is 1.74. The van der Waals surface area contributed by atoms with Gasteiger partial charge in [-0.05, 0) is 61.7 Å². The molecule has 0 atom stereocenters. The van der Waals surface area contributed by atoms with Gasteiger partial charge in [0.25, 0.3) is 6.01 Å². The standard InChI is InChI=1S/C23H20N4OS/c1-12-10-13(2)21-17(11-12)27-23(28-21)26-16-6-4-15(5-7-16)19-14(3)29-18-8-9-25-22(24)20(18)19/h4-11H,1-3H3,(H2,24,25)(H,26,27). The van der Waals surface area contributed by atoms with Crippen molar-refractivity contribution in [1.29, 1.82) is 0 Å². The van der Waals surface area contributed by atoms with Crippen LogP contribution in [-0.2, 0) is 0 Å². The number of nitrogens with one attached hydrogen (secondary N) is 1. The summed E-state index contributed by atoms with van der Waals surface area (Å²) in [5.74, 6) is 0.571. The molecule has 3 aromatic heterocycles. The number of aryl methyl sites for hydroxylation is 3. The fraction of sp³-hybridized carbons (Fsp3) is 0.130. The van der Waals surface area contributed by atoms with Gasteiger partial charge in [0, 0.05) is 32.4 Å². The van der Waals surface area contributed by atoms with Crippen LogP contribution in [0.4, 0.5) is 17.5 Å². The quantitative estimate of drug-likeness (QED) is 0.369. The molecule has 3 N–H and O–H groups in total. The van der Waals surface area contributed by atoms with Crippen molar-refractivity contribution in [2.45, 2.75) is 20.8 Å². The number of nitrogens with zero attached hydrogens (tertiary/aromatic N) is 2. The first-order valence-electron chi connectivity index (χ1n) is 9.38. The van der Waals surface area contributed by atoms with Crippen LogP contribution in [0.2, 0.25) is 0 Å². The molecule has 0 aliphatic heterocycles. The van der Waals surface area contributed by atoms with Gasteiger partial charge in [-0.2, -0.15) is 4.98 Å². The summed E-state index contributed by atoms with van der Waals surface area (Å²) in [6.07, 6.45) is 1.76. The first kappa shape index (κ1) is 17.7. The lowest BCUT2D eigenvalue weighted by Gasteiger charge is -2.06. The Morgan fingerprint density at radius 3 is 2.62 bits per heavy atom. The maximum absolute atomic E-state index is 6.16. The molecular formula is C23H20N4OS. The summed E-state index contributed by atoms with van der Waals surface area (Å²) in [6, 6.07) is 14.9. The molecule has 144 valence electrons. The molecule has 0 aliphatic rings. The number of thiophene rings is 1.